The van der Waals surface area contributed by atoms with Gasteiger partial charge in [0.1, 0.15) is 29.5 Å². The van der Waals surface area contributed by atoms with E-state index >= 15 is 0 Å². The Bertz CT molecular complexity index is 1420. The van der Waals surface area contributed by atoms with Gasteiger partial charge in [-0.2, -0.15) is 0 Å². The lowest BCUT2D eigenvalue weighted by Gasteiger charge is -2.45. The van der Waals surface area contributed by atoms with Crippen LogP contribution in [0, 0.1) is 0 Å². The summed E-state index contributed by atoms with van der Waals surface area (Å²) < 4.78 is 37.6. The summed E-state index contributed by atoms with van der Waals surface area (Å²) in [7, 11) is 1.59. The van der Waals surface area contributed by atoms with Gasteiger partial charge in [0.15, 0.2) is 6.10 Å². The molecule has 0 bridgehead atoms. The number of esters is 1. The van der Waals surface area contributed by atoms with E-state index in [9.17, 15) is 4.79 Å². The van der Waals surface area contributed by atoms with Gasteiger partial charge in [-0.05, 0) is 46.7 Å². The van der Waals surface area contributed by atoms with Gasteiger partial charge >= 0.3 is 5.97 Å². The third kappa shape index (κ3) is 9.42. The minimum atomic E-state index is -0.812. The Labute approximate surface area is 269 Å². The van der Waals surface area contributed by atoms with E-state index in [0.29, 0.717) is 31.1 Å². The second-order valence-electron chi connectivity index (χ2n) is 10.6. The zero-order chi connectivity index (χ0) is 31.3. The lowest BCUT2D eigenvalue weighted by atomic mass is 9.98. The molecule has 5 rings (SSSR count). The van der Waals surface area contributed by atoms with Crippen molar-refractivity contribution < 1.29 is 33.2 Å². The number of hydrogen-bond donors (Lipinski definition) is 0. The van der Waals surface area contributed by atoms with Crippen molar-refractivity contribution >= 4 is 17.7 Å². The van der Waals surface area contributed by atoms with Gasteiger partial charge in [-0.15, -0.1) is 11.8 Å². The van der Waals surface area contributed by atoms with Gasteiger partial charge < -0.3 is 28.4 Å². The van der Waals surface area contributed by atoms with Crippen molar-refractivity contribution in [3.05, 3.63) is 138 Å². The predicted octanol–water partition coefficient (Wildman–Crippen LogP) is 7.09. The van der Waals surface area contributed by atoms with Crippen molar-refractivity contribution in [2.75, 3.05) is 19.5 Å². The van der Waals surface area contributed by atoms with Crippen LogP contribution in [-0.2, 0) is 43.5 Å². The second-order valence-corrected chi connectivity index (χ2v) is 12.0. The smallest absolute Gasteiger partial charge is 0.338 e. The summed E-state index contributed by atoms with van der Waals surface area (Å²) in [5.41, 5.74) is 3.09. The Morgan fingerprint density at radius 1 is 0.689 bits per heavy atom. The van der Waals surface area contributed by atoms with Crippen molar-refractivity contribution in [1.82, 2.24) is 0 Å². The minimum Gasteiger partial charge on any atom is -0.497 e. The summed E-state index contributed by atoms with van der Waals surface area (Å²) in [6, 6.07) is 36.7. The number of carbonyl (C=O) groups is 1. The molecule has 8 heteroatoms. The number of hydrogen-bond acceptors (Lipinski definition) is 8. The Morgan fingerprint density at radius 3 is 1.76 bits per heavy atom. The molecule has 0 aliphatic carbocycles. The second kappa shape index (κ2) is 17.1. The van der Waals surface area contributed by atoms with Crippen LogP contribution in [0.5, 0.6) is 5.75 Å². The molecule has 0 aromatic heterocycles. The molecule has 4 aromatic carbocycles. The summed E-state index contributed by atoms with van der Waals surface area (Å²) in [4.78, 5) is 13.6. The number of carbonyl (C=O) groups excluding carboxylic acids is 1. The maximum Gasteiger partial charge on any atom is 0.338 e. The molecule has 5 atom stereocenters. The van der Waals surface area contributed by atoms with Gasteiger partial charge in [-0.25, -0.2) is 4.79 Å². The van der Waals surface area contributed by atoms with Gasteiger partial charge in [0.05, 0.1) is 39.1 Å². The van der Waals surface area contributed by atoms with Crippen LogP contribution in [0.4, 0.5) is 0 Å². The van der Waals surface area contributed by atoms with E-state index in [1.54, 1.807) is 43.1 Å². The average molecular weight is 629 g/mol. The molecular formula is C37H40O7S. The van der Waals surface area contributed by atoms with Gasteiger partial charge in [-0.3, -0.25) is 0 Å². The fourth-order valence-corrected chi connectivity index (χ4v) is 6.11. The number of benzene rings is 4. The quantitative estimate of drug-likeness (QED) is 0.129. The summed E-state index contributed by atoms with van der Waals surface area (Å²) in [6.07, 6.45) is -2.58. The molecule has 1 heterocycles. The number of thioether (sulfide) groups is 1. The van der Waals surface area contributed by atoms with E-state index in [-0.39, 0.29) is 12.0 Å². The third-order valence-electron chi connectivity index (χ3n) is 7.46. The Balaban J connectivity index is 1.44. The monoisotopic (exact) mass is 628 g/mol. The van der Waals surface area contributed by atoms with E-state index in [0.717, 1.165) is 22.4 Å². The zero-order valence-electron chi connectivity index (χ0n) is 25.7. The Kier molecular flexibility index (Phi) is 12.5. The van der Waals surface area contributed by atoms with Crippen molar-refractivity contribution in [1.29, 1.82) is 0 Å². The lowest BCUT2D eigenvalue weighted by Crippen LogP contribution is -2.60. The molecule has 0 N–H and O–H groups in total. The van der Waals surface area contributed by atoms with Crippen LogP contribution in [0.15, 0.2) is 115 Å². The van der Waals surface area contributed by atoms with Crippen molar-refractivity contribution in [3.63, 3.8) is 0 Å². The summed E-state index contributed by atoms with van der Waals surface area (Å²) in [5.74, 6) is 0.962. The normalized spacial score (nSPS) is 21.2. The van der Waals surface area contributed by atoms with E-state index in [1.165, 1.54) is 0 Å². The molecule has 236 valence electrons. The van der Waals surface area contributed by atoms with E-state index in [4.69, 9.17) is 28.4 Å². The van der Waals surface area contributed by atoms with Crippen LogP contribution in [0.25, 0.3) is 0 Å². The van der Waals surface area contributed by atoms with Crippen LogP contribution in [0.2, 0.25) is 0 Å². The molecule has 4 aromatic rings. The fraction of sp³-hybridized carbons (Fsp3) is 0.324. The van der Waals surface area contributed by atoms with Gasteiger partial charge in [0.25, 0.3) is 0 Å². The first-order valence-corrected chi connectivity index (χ1v) is 16.2. The zero-order valence-corrected chi connectivity index (χ0v) is 26.5. The van der Waals surface area contributed by atoms with E-state index < -0.39 is 30.4 Å². The lowest BCUT2D eigenvalue weighted by molar-refractivity contribution is -0.240. The number of ether oxygens (including phenoxy) is 6. The number of methoxy groups -OCH3 is 1. The maximum absolute atomic E-state index is 13.6. The standard InChI is InChI=1S/C37H40O7S/c1-3-45-37-35(42-25-29-17-11-6-12-18-29)34(41-24-28-15-9-5-10-16-28)33(44-36(38)30-19-21-31(39-2)22-20-30)32(43-37)26-40-23-27-13-7-4-8-14-27/h4-22,32-35,37H,3,23-26H2,1-2H3/t32-,33+,34+,35-,37+/m1/s1. The van der Waals surface area contributed by atoms with Gasteiger partial charge in [0, 0.05) is 0 Å². The Hall–Kier alpha value is -3.66. The molecule has 0 saturated carbocycles. The van der Waals surface area contributed by atoms with Crippen LogP contribution in [-0.4, -0.2) is 55.3 Å². The molecule has 0 amide bonds. The average Bonchev–Trinajstić information content (AvgIpc) is 3.09. The molecule has 1 fully saturated rings. The van der Waals surface area contributed by atoms with Gasteiger partial charge in [0.2, 0.25) is 0 Å². The van der Waals surface area contributed by atoms with Crippen LogP contribution >= 0.6 is 11.8 Å². The van der Waals surface area contributed by atoms with Crippen LogP contribution in [0.1, 0.15) is 34.0 Å². The fourth-order valence-electron chi connectivity index (χ4n) is 5.14. The molecule has 0 radical (unpaired) electrons. The Morgan fingerprint density at radius 2 is 1.22 bits per heavy atom. The SMILES string of the molecule is CCS[C@@H]1O[C@H](COCc2ccccc2)[C@H](OC(=O)c2ccc(OC)cc2)[C@H](OCc2ccccc2)[C@H]1OCc1ccccc1. The summed E-state index contributed by atoms with van der Waals surface area (Å²) in [5, 5.41) is 0. The highest BCUT2D eigenvalue weighted by Gasteiger charge is 2.50. The maximum atomic E-state index is 13.6. The van der Waals surface area contributed by atoms with E-state index in [1.807, 2.05) is 91.0 Å². The molecule has 1 aliphatic heterocycles. The van der Waals surface area contributed by atoms with Gasteiger partial charge in [-0.1, -0.05) is 97.9 Å². The highest BCUT2D eigenvalue weighted by molar-refractivity contribution is 7.99. The molecular weight excluding hydrogens is 588 g/mol. The van der Waals surface area contributed by atoms with Crippen molar-refractivity contribution in [3.8, 4) is 5.75 Å². The third-order valence-corrected chi connectivity index (χ3v) is 8.50. The van der Waals surface area contributed by atoms with Crippen molar-refractivity contribution in [2.45, 2.75) is 56.6 Å². The first-order chi connectivity index (χ1) is 22.1. The molecule has 1 aliphatic rings. The minimum absolute atomic E-state index is 0.201. The number of rotatable bonds is 15. The molecule has 0 unspecified atom stereocenters. The molecule has 1 saturated heterocycles. The topological polar surface area (TPSA) is 72.5 Å². The highest BCUT2D eigenvalue weighted by atomic mass is 32.2. The largest absolute Gasteiger partial charge is 0.497 e. The highest BCUT2D eigenvalue weighted by Crippen LogP contribution is 2.35. The summed E-state index contributed by atoms with van der Waals surface area (Å²) in [6.45, 7) is 3.35. The van der Waals surface area contributed by atoms with Crippen LogP contribution in [0.3, 0.4) is 0 Å². The van der Waals surface area contributed by atoms with Crippen LogP contribution < -0.4 is 4.74 Å². The molecule has 45 heavy (non-hydrogen) atoms. The first-order valence-electron chi connectivity index (χ1n) is 15.2. The van der Waals surface area contributed by atoms with Crippen molar-refractivity contribution in [2.24, 2.45) is 0 Å². The first kappa shape index (κ1) is 32.7. The van der Waals surface area contributed by atoms with E-state index in [2.05, 4.69) is 6.92 Å². The molecule has 0 spiro atoms. The molecule has 7 nitrogen and oxygen atoms in total. The predicted molar refractivity (Wildman–Crippen MR) is 175 cm³/mol. The summed E-state index contributed by atoms with van der Waals surface area (Å²) >= 11 is 1.64.